The number of carboxylic acids is 1. The summed E-state index contributed by atoms with van der Waals surface area (Å²) in [6, 6.07) is 19.4. The smallest absolute Gasteiger partial charge is 0.326 e. The summed E-state index contributed by atoms with van der Waals surface area (Å²) in [5, 5.41) is 12.8. The third kappa shape index (κ3) is 3.64. The summed E-state index contributed by atoms with van der Waals surface area (Å²) in [7, 11) is 1.51. The molecule has 0 fully saturated rings. The zero-order valence-electron chi connectivity index (χ0n) is 16.3. The molecule has 0 bridgehead atoms. The first kappa shape index (κ1) is 20.0. The first-order chi connectivity index (χ1) is 14.5. The van der Waals surface area contributed by atoms with E-state index in [4.69, 9.17) is 16.3 Å². The Labute approximate surface area is 179 Å². The number of carbonyl (C=O) groups excluding carboxylic acids is 1. The number of halogens is 1. The summed E-state index contributed by atoms with van der Waals surface area (Å²) in [5.74, 6) is -1.47. The van der Waals surface area contributed by atoms with Gasteiger partial charge in [0.25, 0.3) is 0 Å². The van der Waals surface area contributed by atoms with Crippen LogP contribution in [0.4, 0.5) is 0 Å². The van der Waals surface area contributed by atoms with Crippen LogP contribution in [0, 0.1) is 0 Å². The van der Waals surface area contributed by atoms with Crippen molar-refractivity contribution in [3.05, 3.63) is 88.4 Å². The lowest BCUT2D eigenvalue weighted by Crippen LogP contribution is -2.44. The molecule has 3 aromatic rings. The second-order valence-corrected chi connectivity index (χ2v) is 7.59. The zero-order chi connectivity index (χ0) is 21.3. The van der Waals surface area contributed by atoms with E-state index in [1.807, 2.05) is 48.5 Å². The van der Waals surface area contributed by atoms with E-state index in [0.29, 0.717) is 16.3 Å². The van der Waals surface area contributed by atoms with Crippen LogP contribution in [0.3, 0.4) is 0 Å². The lowest BCUT2D eigenvalue weighted by molar-refractivity contribution is -0.141. The van der Waals surface area contributed by atoms with Gasteiger partial charge in [-0.1, -0.05) is 66.2 Å². The van der Waals surface area contributed by atoms with Crippen molar-refractivity contribution in [3.8, 4) is 16.9 Å². The Balaban J connectivity index is 1.60. The number of methoxy groups -OCH3 is 1. The van der Waals surface area contributed by atoms with Gasteiger partial charge in [0.2, 0.25) is 5.91 Å². The van der Waals surface area contributed by atoms with Gasteiger partial charge in [0.05, 0.1) is 18.1 Å². The Morgan fingerprint density at radius 2 is 1.63 bits per heavy atom. The summed E-state index contributed by atoms with van der Waals surface area (Å²) < 4.78 is 5.13. The van der Waals surface area contributed by atoms with Gasteiger partial charge in [-0.15, -0.1) is 0 Å². The average molecular weight is 422 g/mol. The first-order valence-corrected chi connectivity index (χ1v) is 9.91. The molecule has 30 heavy (non-hydrogen) atoms. The summed E-state index contributed by atoms with van der Waals surface area (Å²) in [5.41, 5.74) is 4.46. The quantitative estimate of drug-likeness (QED) is 0.623. The third-order valence-electron chi connectivity index (χ3n) is 5.37. The average Bonchev–Trinajstić information content (AvgIpc) is 3.08. The van der Waals surface area contributed by atoms with Crippen molar-refractivity contribution >= 4 is 23.5 Å². The monoisotopic (exact) mass is 421 g/mol. The summed E-state index contributed by atoms with van der Waals surface area (Å²) in [4.78, 5) is 25.1. The molecule has 0 spiro atoms. The fourth-order valence-corrected chi connectivity index (χ4v) is 4.25. The highest BCUT2D eigenvalue weighted by molar-refractivity contribution is 6.32. The van der Waals surface area contributed by atoms with E-state index in [2.05, 4.69) is 5.32 Å². The van der Waals surface area contributed by atoms with Crippen LogP contribution in [0.5, 0.6) is 5.75 Å². The molecular weight excluding hydrogens is 402 g/mol. The van der Waals surface area contributed by atoms with Gasteiger partial charge >= 0.3 is 5.97 Å². The van der Waals surface area contributed by atoms with Crippen LogP contribution < -0.4 is 10.1 Å². The number of carboxylic acid groups (broad SMARTS) is 1. The highest BCUT2D eigenvalue weighted by atomic mass is 35.5. The molecule has 1 aliphatic rings. The van der Waals surface area contributed by atoms with Crippen molar-refractivity contribution in [1.29, 1.82) is 0 Å². The van der Waals surface area contributed by atoms with Gasteiger partial charge < -0.3 is 15.2 Å². The lowest BCUT2D eigenvalue weighted by atomic mass is 9.95. The molecule has 1 aliphatic carbocycles. The highest BCUT2D eigenvalue weighted by Crippen LogP contribution is 2.44. The maximum absolute atomic E-state index is 13.2. The molecule has 4 rings (SSSR count). The number of nitrogens with one attached hydrogen (secondary N) is 1. The van der Waals surface area contributed by atoms with Crippen LogP contribution in [-0.4, -0.2) is 30.1 Å². The van der Waals surface area contributed by atoms with Gasteiger partial charge in [-0.05, 0) is 39.9 Å². The highest BCUT2D eigenvalue weighted by Gasteiger charge is 2.35. The van der Waals surface area contributed by atoms with Crippen molar-refractivity contribution in [2.24, 2.45) is 0 Å². The number of aliphatic carboxylic acids is 1. The van der Waals surface area contributed by atoms with Crippen LogP contribution in [0.25, 0.3) is 11.1 Å². The van der Waals surface area contributed by atoms with E-state index in [9.17, 15) is 14.7 Å². The fraction of sp³-hybridized carbons (Fsp3) is 0.167. The van der Waals surface area contributed by atoms with E-state index >= 15 is 0 Å². The molecule has 1 amide bonds. The van der Waals surface area contributed by atoms with Gasteiger partial charge in [-0.2, -0.15) is 0 Å². The van der Waals surface area contributed by atoms with Crippen LogP contribution in [0.2, 0.25) is 5.02 Å². The van der Waals surface area contributed by atoms with Crippen molar-refractivity contribution in [1.82, 2.24) is 5.32 Å². The Kier molecular flexibility index (Phi) is 5.46. The standard InChI is InChI=1S/C24H20ClNO4/c1-30-21-11-10-14(12-19(21)25)13-20(24(28)29)26-23(27)22-17-8-4-2-6-15(17)16-7-3-5-9-18(16)22/h2-12,20,22H,13H2,1H3,(H,26,27)(H,28,29)/t20-/m1/s1. The minimum absolute atomic E-state index is 0.112. The minimum Gasteiger partial charge on any atom is -0.495 e. The molecule has 6 heteroatoms. The molecule has 0 saturated heterocycles. The summed E-state index contributed by atoms with van der Waals surface area (Å²) >= 11 is 6.15. The van der Waals surface area contributed by atoms with Crippen molar-refractivity contribution in [2.75, 3.05) is 7.11 Å². The van der Waals surface area contributed by atoms with Gasteiger partial charge in [-0.3, -0.25) is 4.79 Å². The van der Waals surface area contributed by atoms with Crippen LogP contribution in [0.15, 0.2) is 66.7 Å². The van der Waals surface area contributed by atoms with E-state index in [-0.39, 0.29) is 12.3 Å². The molecule has 5 nitrogen and oxygen atoms in total. The number of hydrogen-bond acceptors (Lipinski definition) is 3. The minimum atomic E-state index is -1.10. The normalized spacial score (nSPS) is 13.3. The Bertz CT molecular complexity index is 1080. The molecule has 2 N–H and O–H groups in total. The van der Waals surface area contributed by atoms with Crippen molar-refractivity contribution < 1.29 is 19.4 Å². The Morgan fingerprint density at radius 3 is 2.17 bits per heavy atom. The maximum atomic E-state index is 13.2. The number of hydrogen-bond donors (Lipinski definition) is 2. The van der Waals surface area contributed by atoms with Crippen LogP contribution in [0.1, 0.15) is 22.6 Å². The van der Waals surface area contributed by atoms with Crippen LogP contribution >= 0.6 is 11.6 Å². The predicted molar refractivity (Wildman–Crippen MR) is 115 cm³/mol. The molecule has 152 valence electrons. The fourth-order valence-electron chi connectivity index (χ4n) is 3.97. The third-order valence-corrected chi connectivity index (χ3v) is 5.66. The molecule has 1 atom stereocenters. The number of amides is 1. The van der Waals surface area contributed by atoms with E-state index in [0.717, 1.165) is 22.3 Å². The van der Waals surface area contributed by atoms with E-state index in [1.165, 1.54) is 7.11 Å². The van der Waals surface area contributed by atoms with Gasteiger partial charge in [0.15, 0.2) is 0 Å². The number of carbonyl (C=O) groups is 2. The predicted octanol–water partition coefficient (Wildman–Crippen LogP) is 4.27. The number of benzene rings is 3. The van der Waals surface area contributed by atoms with Crippen molar-refractivity contribution in [3.63, 3.8) is 0 Å². The molecule has 0 unspecified atom stereocenters. The summed E-state index contributed by atoms with van der Waals surface area (Å²) in [6.07, 6.45) is 0.112. The molecular formula is C24H20ClNO4. The SMILES string of the molecule is COc1ccc(C[C@@H](NC(=O)C2c3ccccc3-c3ccccc32)C(=O)O)cc1Cl. The van der Waals surface area contributed by atoms with Gasteiger partial charge in [0.1, 0.15) is 11.8 Å². The molecule has 0 heterocycles. The second-order valence-electron chi connectivity index (χ2n) is 7.18. The number of rotatable bonds is 6. The zero-order valence-corrected chi connectivity index (χ0v) is 17.0. The van der Waals surface area contributed by atoms with Gasteiger partial charge in [0, 0.05) is 6.42 Å². The number of ether oxygens (including phenoxy) is 1. The maximum Gasteiger partial charge on any atom is 0.326 e. The lowest BCUT2D eigenvalue weighted by Gasteiger charge is -2.19. The second kappa shape index (κ2) is 8.20. The molecule has 0 aromatic heterocycles. The largest absolute Gasteiger partial charge is 0.495 e. The Hall–Kier alpha value is -3.31. The topological polar surface area (TPSA) is 75.6 Å². The van der Waals surface area contributed by atoms with Gasteiger partial charge in [-0.25, -0.2) is 4.79 Å². The molecule has 3 aromatic carbocycles. The van der Waals surface area contributed by atoms with E-state index < -0.39 is 17.9 Å². The first-order valence-electron chi connectivity index (χ1n) is 9.53. The Morgan fingerprint density at radius 1 is 1.03 bits per heavy atom. The molecule has 0 saturated carbocycles. The molecule has 0 aliphatic heterocycles. The summed E-state index contributed by atoms with van der Waals surface area (Å²) in [6.45, 7) is 0. The van der Waals surface area contributed by atoms with E-state index in [1.54, 1.807) is 18.2 Å². The number of fused-ring (bicyclic) bond motifs is 3. The van der Waals surface area contributed by atoms with Crippen LogP contribution in [-0.2, 0) is 16.0 Å². The van der Waals surface area contributed by atoms with Crippen molar-refractivity contribution in [2.45, 2.75) is 18.4 Å². The molecule has 0 radical (unpaired) electrons.